The fraction of sp³-hybridized carbons (Fsp3) is 0.263. The van der Waals surface area contributed by atoms with Crippen LogP contribution in [0.3, 0.4) is 0 Å². The Kier molecular flexibility index (Phi) is 9.80. The van der Waals surface area contributed by atoms with Crippen LogP contribution in [0.5, 0.6) is 11.5 Å². The van der Waals surface area contributed by atoms with E-state index in [0.29, 0.717) is 24.2 Å². The Labute approximate surface area is 269 Å². The molecule has 4 rings (SSSR count). The normalized spacial score (nSPS) is 12.2. The summed E-state index contributed by atoms with van der Waals surface area (Å²) in [6.45, 7) is 12.7. The Morgan fingerprint density at radius 3 is 1.17 bits per heavy atom. The number of rotatable bonds is 9. The molecule has 0 saturated heterocycles. The molecule has 0 saturated carbocycles. The molecule has 4 aromatic rings. The summed E-state index contributed by atoms with van der Waals surface area (Å²) in [5.74, 6) is -1.71. The van der Waals surface area contributed by atoms with Crippen LogP contribution in [-0.4, -0.2) is 57.9 Å². The van der Waals surface area contributed by atoms with Crippen LogP contribution in [-0.2, 0) is 10.8 Å². The highest BCUT2D eigenvalue weighted by Crippen LogP contribution is 2.38. The smallest absolute Gasteiger partial charge is 0.335 e. The maximum atomic E-state index is 11.3. The first kappa shape index (κ1) is 33.6. The number of hydrogen-bond acceptors (Lipinski definition) is 6. The summed E-state index contributed by atoms with van der Waals surface area (Å²) in [4.78, 5) is 31.6. The summed E-state index contributed by atoms with van der Waals surface area (Å²) in [6, 6.07) is 20.7. The third-order valence-electron chi connectivity index (χ3n) is 7.64. The second kappa shape index (κ2) is 13.4. The van der Waals surface area contributed by atoms with Crippen molar-refractivity contribution < 1.29 is 30.0 Å². The number of aromatic hydroxyl groups is 2. The molecule has 0 unspecified atom stereocenters. The van der Waals surface area contributed by atoms with Gasteiger partial charge in [0.05, 0.1) is 24.2 Å². The zero-order chi connectivity index (χ0) is 33.8. The van der Waals surface area contributed by atoms with Crippen LogP contribution >= 0.6 is 0 Å². The molecular weight excluding hydrogens is 580 g/mol. The maximum Gasteiger partial charge on any atom is 0.335 e. The number of aliphatic imine (C=N–C) groups is 2. The van der Waals surface area contributed by atoms with Crippen molar-refractivity contribution in [1.82, 2.24) is 0 Å². The zero-order valence-electron chi connectivity index (χ0n) is 27.0. The fourth-order valence-electron chi connectivity index (χ4n) is 5.04. The number of phenols is 2. The number of carboxylic acid groups (broad SMARTS) is 2. The Balaban J connectivity index is 1.57. The number of carbonyl (C=O) groups is 2. The highest BCUT2D eigenvalue weighted by molar-refractivity contribution is 5.91. The van der Waals surface area contributed by atoms with Gasteiger partial charge >= 0.3 is 11.9 Å². The molecule has 0 atom stereocenters. The highest BCUT2D eigenvalue weighted by Gasteiger charge is 2.23. The van der Waals surface area contributed by atoms with Gasteiger partial charge in [-0.25, -0.2) is 9.59 Å². The lowest BCUT2D eigenvalue weighted by atomic mass is 9.83. The van der Waals surface area contributed by atoms with Crippen molar-refractivity contribution in [3.63, 3.8) is 0 Å². The number of carboxylic acids is 2. The summed E-state index contributed by atoms with van der Waals surface area (Å²) in [7, 11) is 0. The van der Waals surface area contributed by atoms with Crippen molar-refractivity contribution in [1.29, 1.82) is 0 Å². The van der Waals surface area contributed by atoms with Gasteiger partial charge < -0.3 is 20.4 Å². The van der Waals surface area contributed by atoms with Crippen molar-refractivity contribution in [2.45, 2.75) is 52.4 Å². The third-order valence-corrected chi connectivity index (χ3v) is 7.64. The Hall–Kier alpha value is -5.24. The van der Waals surface area contributed by atoms with Crippen molar-refractivity contribution in [2.75, 3.05) is 13.1 Å². The average Bonchev–Trinajstić information content (AvgIpc) is 2.99. The lowest BCUT2D eigenvalue weighted by molar-refractivity contribution is 0.0686. The molecule has 0 aliphatic rings. The topological polar surface area (TPSA) is 140 Å². The van der Waals surface area contributed by atoms with E-state index in [1.54, 1.807) is 61.0 Å². The van der Waals surface area contributed by atoms with E-state index in [2.05, 4.69) is 9.98 Å². The first-order valence-corrected chi connectivity index (χ1v) is 15.0. The molecule has 0 heterocycles. The van der Waals surface area contributed by atoms with Crippen LogP contribution in [0, 0.1) is 0 Å². The number of hydrogen-bond donors (Lipinski definition) is 4. The van der Waals surface area contributed by atoms with E-state index in [1.807, 2.05) is 65.8 Å². The van der Waals surface area contributed by atoms with Crippen molar-refractivity contribution in [3.05, 3.63) is 106 Å². The Morgan fingerprint density at radius 2 is 0.891 bits per heavy atom. The van der Waals surface area contributed by atoms with Crippen LogP contribution < -0.4 is 0 Å². The summed E-state index contributed by atoms with van der Waals surface area (Å²) < 4.78 is 0. The minimum absolute atomic E-state index is 0.137. The van der Waals surface area contributed by atoms with Crippen LogP contribution in [0.1, 0.15) is 84.5 Å². The van der Waals surface area contributed by atoms with Gasteiger partial charge in [0.25, 0.3) is 0 Å². The Bertz CT molecular complexity index is 1670. The van der Waals surface area contributed by atoms with E-state index < -0.39 is 11.9 Å². The average molecular weight is 621 g/mol. The predicted molar refractivity (Wildman–Crippen MR) is 183 cm³/mol. The number of aromatic carboxylic acids is 2. The second-order valence-electron chi connectivity index (χ2n) is 13.3. The minimum atomic E-state index is -0.993. The quantitative estimate of drug-likeness (QED) is 0.111. The standard InChI is InChI=1S/C38H40N2O6/c1-37(2,3)31-19-27(23-7-11-25(12-8-23)35(43)44)17-29(33(31)41)21-39-15-16-40-22-30-18-28(20-32(34(30)42)38(4,5)6)24-9-13-26(14-10-24)36(45)46/h7-14,17-22,41-42H,15-16H2,1-6H3,(H,43,44)(H,45,46). The monoisotopic (exact) mass is 620 g/mol. The van der Waals surface area contributed by atoms with Gasteiger partial charge in [0.15, 0.2) is 0 Å². The molecule has 0 radical (unpaired) electrons. The summed E-state index contributed by atoms with van der Waals surface area (Å²) in [5, 5.41) is 40.7. The number of nitrogens with zero attached hydrogens (tertiary/aromatic N) is 2. The van der Waals surface area contributed by atoms with Gasteiger partial charge in [-0.05, 0) is 81.6 Å². The first-order chi connectivity index (χ1) is 21.6. The molecule has 8 heteroatoms. The maximum absolute atomic E-state index is 11.3. The molecule has 4 aromatic carbocycles. The molecule has 0 bridgehead atoms. The molecule has 0 aliphatic carbocycles. The lowest BCUT2D eigenvalue weighted by Crippen LogP contribution is -2.12. The van der Waals surface area contributed by atoms with E-state index in [9.17, 15) is 30.0 Å². The van der Waals surface area contributed by atoms with Crippen molar-refractivity contribution in [2.24, 2.45) is 9.98 Å². The van der Waals surface area contributed by atoms with Gasteiger partial charge in [-0.15, -0.1) is 0 Å². The predicted octanol–water partition coefficient (Wildman–Crippen LogP) is 7.96. The summed E-state index contributed by atoms with van der Waals surface area (Å²) in [5.41, 5.74) is 5.59. The van der Waals surface area contributed by atoms with Crippen LogP contribution in [0.25, 0.3) is 22.3 Å². The van der Waals surface area contributed by atoms with Gasteiger partial charge in [-0.2, -0.15) is 0 Å². The molecule has 8 nitrogen and oxygen atoms in total. The SMILES string of the molecule is CC(C)(C)c1cc(-c2ccc(C(=O)O)cc2)cc(C=NCCN=Cc2cc(-c3ccc(C(=O)O)cc3)cc(C(C)(C)C)c2O)c1O. The van der Waals surface area contributed by atoms with Crippen LogP contribution in [0.2, 0.25) is 0 Å². The largest absolute Gasteiger partial charge is 0.507 e. The van der Waals surface area contributed by atoms with Gasteiger partial charge in [0.2, 0.25) is 0 Å². The molecule has 0 fully saturated rings. The molecule has 4 N–H and O–H groups in total. The van der Waals surface area contributed by atoms with Gasteiger partial charge in [-0.3, -0.25) is 9.98 Å². The van der Waals surface area contributed by atoms with Gasteiger partial charge in [-0.1, -0.05) is 65.8 Å². The van der Waals surface area contributed by atoms with E-state index in [0.717, 1.165) is 33.4 Å². The Morgan fingerprint density at radius 1 is 0.565 bits per heavy atom. The second-order valence-corrected chi connectivity index (χ2v) is 13.3. The van der Waals surface area contributed by atoms with E-state index in [1.165, 1.54) is 0 Å². The third kappa shape index (κ3) is 7.88. The molecule has 0 aliphatic heterocycles. The number of benzene rings is 4. The van der Waals surface area contributed by atoms with Crippen molar-refractivity contribution in [3.8, 4) is 33.8 Å². The summed E-state index contributed by atoms with van der Waals surface area (Å²) in [6.07, 6.45) is 3.23. The van der Waals surface area contributed by atoms with Crippen LogP contribution in [0.4, 0.5) is 0 Å². The van der Waals surface area contributed by atoms with E-state index in [-0.39, 0.29) is 33.5 Å². The van der Waals surface area contributed by atoms with Gasteiger partial charge in [0, 0.05) is 34.7 Å². The zero-order valence-corrected chi connectivity index (χ0v) is 27.0. The lowest BCUT2D eigenvalue weighted by Gasteiger charge is -2.23. The first-order valence-electron chi connectivity index (χ1n) is 15.0. The fourth-order valence-corrected chi connectivity index (χ4v) is 5.04. The summed E-state index contributed by atoms with van der Waals surface area (Å²) >= 11 is 0. The molecule has 46 heavy (non-hydrogen) atoms. The molecule has 0 amide bonds. The van der Waals surface area contributed by atoms with Crippen LogP contribution in [0.15, 0.2) is 82.8 Å². The molecular formula is C38H40N2O6. The number of phenolic OH excluding ortho intramolecular Hbond substituents is 2. The molecule has 0 spiro atoms. The highest BCUT2D eigenvalue weighted by atomic mass is 16.4. The van der Waals surface area contributed by atoms with E-state index >= 15 is 0 Å². The minimum Gasteiger partial charge on any atom is -0.507 e. The molecule has 0 aromatic heterocycles. The van der Waals surface area contributed by atoms with Gasteiger partial charge in [0.1, 0.15) is 11.5 Å². The molecule has 238 valence electrons. The van der Waals surface area contributed by atoms with E-state index in [4.69, 9.17) is 0 Å². The van der Waals surface area contributed by atoms with Crippen molar-refractivity contribution >= 4 is 24.4 Å².